The molecule has 2 fully saturated rings. The number of ether oxygens (including phenoxy) is 3. The Balaban J connectivity index is 0.00000225. The van der Waals surface area contributed by atoms with Crippen molar-refractivity contribution < 1.29 is 24.1 Å². The maximum atomic E-state index is 12.1. The van der Waals surface area contributed by atoms with Crippen molar-refractivity contribution >= 4 is 18.5 Å². The first-order valence-electron chi connectivity index (χ1n) is 9.74. The normalized spacial score (nSPS) is 24.8. The molecule has 3 aliphatic rings. The summed E-state index contributed by atoms with van der Waals surface area (Å²) in [7, 11) is 0. The van der Waals surface area contributed by atoms with E-state index in [4.69, 9.17) is 14.2 Å². The summed E-state index contributed by atoms with van der Waals surface area (Å²) >= 11 is 0. The zero-order valence-corrected chi connectivity index (χ0v) is 17.2. The molecule has 4 rings (SSSR count). The van der Waals surface area contributed by atoms with Gasteiger partial charge in [0.05, 0.1) is 6.54 Å². The Morgan fingerprint density at radius 2 is 1.89 bits per heavy atom. The number of halogens is 1. The highest BCUT2D eigenvalue weighted by atomic mass is 35.5. The highest BCUT2D eigenvalue weighted by Gasteiger charge is 2.47. The zero-order chi connectivity index (χ0) is 19.0. The Kier molecular flexibility index (Phi) is 6.27. The largest absolute Gasteiger partial charge is 0.486 e. The van der Waals surface area contributed by atoms with Gasteiger partial charge < -0.3 is 29.1 Å². The Morgan fingerprint density at radius 1 is 1.21 bits per heavy atom. The fraction of sp³-hybridized carbons (Fsp3) is 0.650. The molecule has 0 radical (unpaired) electrons. The molecule has 7 nitrogen and oxygen atoms in total. The number of carbonyl (C=O) groups is 1. The van der Waals surface area contributed by atoms with Gasteiger partial charge in [0.2, 0.25) is 0 Å². The van der Waals surface area contributed by atoms with Gasteiger partial charge in [-0.3, -0.25) is 0 Å². The Morgan fingerprint density at radius 3 is 2.54 bits per heavy atom. The summed E-state index contributed by atoms with van der Waals surface area (Å²) in [6.45, 7) is 7.13. The van der Waals surface area contributed by atoms with Crippen LogP contribution in [0, 0.1) is 0 Å². The van der Waals surface area contributed by atoms with Gasteiger partial charge in [-0.05, 0) is 26.0 Å². The van der Waals surface area contributed by atoms with E-state index >= 15 is 0 Å². The van der Waals surface area contributed by atoms with E-state index in [2.05, 4.69) is 4.90 Å². The summed E-state index contributed by atoms with van der Waals surface area (Å²) in [5, 5.41) is 10.6. The zero-order valence-electron chi connectivity index (χ0n) is 16.4. The van der Waals surface area contributed by atoms with Crippen LogP contribution in [-0.4, -0.2) is 77.6 Å². The Hall–Kier alpha value is -1.70. The number of amides is 1. The monoisotopic (exact) mass is 412 g/mol. The second-order valence-electron chi connectivity index (χ2n) is 8.05. The average Bonchev–Trinajstić information content (AvgIpc) is 2.99. The summed E-state index contributed by atoms with van der Waals surface area (Å²) in [5.74, 6) is 1.40. The number of piperidine rings is 1. The molecule has 0 saturated carbocycles. The van der Waals surface area contributed by atoms with Crippen molar-refractivity contribution in [3.63, 3.8) is 0 Å². The summed E-state index contributed by atoms with van der Waals surface area (Å²) < 4.78 is 17.3. The van der Waals surface area contributed by atoms with Crippen molar-refractivity contribution in [2.45, 2.75) is 50.5 Å². The fourth-order valence-corrected chi connectivity index (χ4v) is 4.06. The van der Waals surface area contributed by atoms with E-state index in [1.807, 2.05) is 38.1 Å². The van der Waals surface area contributed by atoms with Crippen molar-refractivity contribution in [1.82, 2.24) is 9.80 Å². The molecule has 0 bridgehead atoms. The van der Waals surface area contributed by atoms with Crippen molar-refractivity contribution in [2.75, 3.05) is 32.8 Å². The molecule has 1 N–H and O–H groups in total. The van der Waals surface area contributed by atoms with E-state index in [0.29, 0.717) is 25.4 Å². The van der Waals surface area contributed by atoms with Gasteiger partial charge in [0.15, 0.2) is 17.6 Å². The van der Waals surface area contributed by atoms with Gasteiger partial charge >= 0.3 is 6.09 Å². The third-order valence-corrected chi connectivity index (χ3v) is 5.79. The van der Waals surface area contributed by atoms with Gasteiger partial charge in [0.25, 0.3) is 0 Å². The molecule has 2 unspecified atom stereocenters. The van der Waals surface area contributed by atoms with E-state index in [1.165, 1.54) is 0 Å². The number of para-hydroxylation sites is 2. The molecule has 3 heterocycles. The highest BCUT2D eigenvalue weighted by molar-refractivity contribution is 5.85. The van der Waals surface area contributed by atoms with E-state index in [9.17, 15) is 9.90 Å². The van der Waals surface area contributed by atoms with E-state index in [1.54, 1.807) is 4.90 Å². The molecule has 28 heavy (non-hydrogen) atoms. The number of benzene rings is 1. The standard InChI is InChI=1S/C20H28N2O5.ClH/c1-14(2)22-13-20(27-19(22)24)7-9-21(10-8-20)11-15(23)18-12-25-16-5-3-4-6-17(16)26-18;/h3-6,14-15,18,23H,7-13H2,1-2H3;1H. The van der Waals surface area contributed by atoms with Gasteiger partial charge in [-0.25, -0.2) is 4.79 Å². The third-order valence-electron chi connectivity index (χ3n) is 5.79. The predicted octanol–water partition coefficient (Wildman–Crippen LogP) is 2.30. The second kappa shape index (κ2) is 8.35. The minimum atomic E-state index is -0.634. The summed E-state index contributed by atoms with van der Waals surface area (Å²) in [6.07, 6.45) is 0.367. The minimum Gasteiger partial charge on any atom is -0.486 e. The second-order valence-corrected chi connectivity index (χ2v) is 8.05. The van der Waals surface area contributed by atoms with Gasteiger partial charge in [-0.1, -0.05) is 12.1 Å². The quantitative estimate of drug-likeness (QED) is 0.818. The maximum absolute atomic E-state index is 12.1. The van der Waals surface area contributed by atoms with Gasteiger partial charge in [-0.2, -0.15) is 0 Å². The lowest BCUT2D eigenvalue weighted by Crippen LogP contribution is -2.52. The molecular weight excluding hydrogens is 384 g/mol. The lowest BCUT2D eigenvalue weighted by Gasteiger charge is -2.39. The van der Waals surface area contributed by atoms with Crippen LogP contribution in [-0.2, 0) is 4.74 Å². The molecule has 0 aromatic heterocycles. The van der Waals surface area contributed by atoms with Crippen LogP contribution < -0.4 is 9.47 Å². The first-order chi connectivity index (χ1) is 13.0. The number of hydrogen-bond donors (Lipinski definition) is 1. The lowest BCUT2D eigenvalue weighted by molar-refractivity contribution is -0.0452. The van der Waals surface area contributed by atoms with Crippen LogP contribution >= 0.6 is 12.4 Å². The predicted molar refractivity (Wildman–Crippen MR) is 106 cm³/mol. The van der Waals surface area contributed by atoms with Crippen molar-refractivity contribution in [3.8, 4) is 11.5 Å². The number of likely N-dealkylation sites (tertiary alicyclic amines) is 1. The summed E-state index contributed by atoms with van der Waals surface area (Å²) in [4.78, 5) is 16.1. The van der Waals surface area contributed by atoms with Crippen molar-refractivity contribution in [1.29, 1.82) is 0 Å². The van der Waals surface area contributed by atoms with Gasteiger partial charge in [0, 0.05) is 38.5 Å². The van der Waals surface area contributed by atoms with E-state index < -0.39 is 6.10 Å². The topological polar surface area (TPSA) is 71.5 Å². The van der Waals surface area contributed by atoms with Crippen molar-refractivity contribution in [3.05, 3.63) is 24.3 Å². The first-order valence-corrected chi connectivity index (χ1v) is 9.74. The molecular formula is C20H29ClN2O5. The number of β-amino-alcohol motifs (C(OH)–C–C–N with tert-alkyl or cyclic N) is 1. The molecule has 0 aliphatic carbocycles. The van der Waals surface area contributed by atoms with Crippen LogP contribution in [0.5, 0.6) is 11.5 Å². The number of fused-ring (bicyclic) bond motifs is 1. The van der Waals surface area contributed by atoms with E-state index in [0.717, 1.165) is 31.7 Å². The van der Waals surface area contributed by atoms with E-state index in [-0.39, 0.29) is 36.2 Å². The molecule has 1 spiro atoms. The van der Waals surface area contributed by atoms with Crippen LogP contribution in [0.4, 0.5) is 4.79 Å². The maximum Gasteiger partial charge on any atom is 0.410 e. The molecule has 156 valence electrons. The number of hydrogen-bond acceptors (Lipinski definition) is 6. The molecule has 2 saturated heterocycles. The third kappa shape index (κ3) is 4.16. The Bertz CT molecular complexity index is 693. The SMILES string of the molecule is CC(C)N1CC2(CCN(CC(O)C3COc4ccccc4O3)CC2)OC1=O.Cl. The van der Waals surface area contributed by atoms with Crippen LogP contribution in [0.2, 0.25) is 0 Å². The molecule has 1 amide bonds. The van der Waals surface area contributed by atoms with Crippen molar-refractivity contribution in [2.24, 2.45) is 0 Å². The molecule has 8 heteroatoms. The van der Waals surface area contributed by atoms with Crippen LogP contribution in [0.1, 0.15) is 26.7 Å². The lowest BCUT2D eigenvalue weighted by atomic mass is 9.91. The molecule has 1 aromatic carbocycles. The molecule has 3 aliphatic heterocycles. The Labute approximate surface area is 171 Å². The minimum absolute atomic E-state index is 0. The van der Waals surface area contributed by atoms with Crippen LogP contribution in [0.25, 0.3) is 0 Å². The number of aliphatic hydroxyl groups is 1. The number of rotatable bonds is 4. The number of nitrogens with zero attached hydrogens (tertiary/aromatic N) is 2. The summed E-state index contributed by atoms with van der Waals surface area (Å²) in [5.41, 5.74) is -0.369. The fourth-order valence-electron chi connectivity index (χ4n) is 4.06. The van der Waals surface area contributed by atoms with Crippen LogP contribution in [0.3, 0.4) is 0 Å². The number of aliphatic hydroxyl groups excluding tert-OH is 1. The highest BCUT2D eigenvalue weighted by Crippen LogP contribution is 2.35. The van der Waals surface area contributed by atoms with Gasteiger partial charge in [-0.15, -0.1) is 12.4 Å². The average molecular weight is 413 g/mol. The van der Waals surface area contributed by atoms with Crippen LogP contribution in [0.15, 0.2) is 24.3 Å². The number of carbonyl (C=O) groups excluding carboxylic acids is 1. The molecule has 2 atom stereocenters. The smallest absolute Gasteiger partial charge is 0.410 e. The summed E-state index contributed by atoms with van der Waals surface area (Å²) in [6, 6.07) is 7.67. The molecule has 1 aromatic rings. The first kappa shape index (κ1) is 21.0. The van der Waals surface area contributed by atoms with Gasteiger partial charge in [0.1, 0.15) is 18.3 Å².